The van der Waals surface area contributed by atoms with Crippen molar-refractivity contribution in [2.24, 2.45) is 0 Å². The summed E-state index contributed by atoms with van der Waals surface area (Å²) in [7, 11) is 0. The molecule has 0 N–H and O–H groups in total. The molecule has 2 aliphatic carbocycles. The molecule has 2 heteroatoms. The molecule has 1 heterocycles. The van der Waals surface area contributed by atoms with Crippen molar-refractivity contribution in [1.29, 1.82) is 0 Å². The summed E-state index contributed by atoms with van der Waals surface area (Å²) in [4.78, 5) is 2.51. The van der Waals surface area contributed by atoms with E-state index >= 15 is 0 Å². The first-order chi connectivity index (χ1) is 33.2. The van der Waals surface area contributed by atoms with E-state index in [0.29, 0.717) is 0 Å². The van der Waals surface area contributed by atoms with Crippen molar-refractivity contribution >= 4 is 49.8 Å². The fourth-order valence-corrected chi connectivity index (χ4v) is 11.7. The smallest absolute Gasteiger partial charge is 0.136 e. The zero-order valence-corrected chi connectivity index (χ0v) is 36.5. The quantitative estimate of drug-likeness (QED) is 0.166. The SMILES string of the molecule is c1ccc(-c2cccc(-c3ccc(N(c4ccccc4-c4cccc5oc6cc7ccccc7cc6c45)c4cccc5c4-c4ccccc4C54c5ccccc5-c5ccccc54)cc3)c2)cc1. The number of para-hydroxylation sites is 1. The molecule has 0 saturated carbocycles. The van der Waals surface area contributed by atoms with E-state index in [1.807, 2.05) is 0 Å². The molecular formula is C65H41NO. The van der Waals surface area contributed by atoms with Crippen LogP contribution in [0.25, 0.3) is 88.3 Å². The van der Waals surface area contributed by atoms with Gasteiger partial charge in [-0.05, 0) is 126 Å². The van der Waals surface area contributed by atoms with Gasteiger partial charge in [0.25, 0.3) is 0 Å². The molecule has 0 atom stereocenters. The Bertz CT molecular complexity index is 3890. The van der Waals surface area contributed by atoms with E-state index < -0.39 is 5.41 Å². The molecule has 0 radical (unpaired) electrons. The fourth-order valence-electron chi connectivity index (χ4n) is 11.7. The summed E-state index contributed by atoms with van der Waals surface area (Å²) < 4.78 is 6.68. The van der Waals surface area contributed by atoms with Gasteiger partial charge in [0, 0.05) is 27.6 Å². The van der Waals surface area contributed by atoms with Gasteiger partial charge in [-0.25, -0.2) is 0 Å². The molecular weight excluding hydrogens is 811 g/mol. The van der Waals surface area contributed by atoms with E-state index in [0.717, 1.165) is 50.1 Å². The van der Waals surface area contributed by atoms with E-state index in [1.165, 1.54) is 77.5 Å². The van der Waals surface area contributed by atoms with Crippen LogP contribution in [0, 0.1) is 0 Å². The highest BCUT2D eigenvalue weighted by Gasteiger charge is 2.52. The van der Waals surface area contributed by atoms with Crippen molar-refractivity contribution in [1.82, 2.24) is 0 Å². The Hall–Kier alpha value is -8.72. The van der Waals surface area contributed by atoms with Crippen molar-refractivity contribution in [3.8, 4) is 55.6 Å². The maximum atomic E-state index is 6.68. The lowest BCUT2D eigenvalue weighted by Gasteiger charge is -2.32. The molecule has 2 nitrogen and oxygen atoms in total. The molecule has 2 aliphatic rings. The van der Waals surface area contributed by atoms with Crippen molar-refractivity contribution < 1.29 is 4.42 Å². The normalized spacial score (nSPS) is 12.9. The van der Waals surface area contributed by atoms with Crippen molar-refractivity contribution in [2.45, 2.75) is 5.41 Å². The molecule has 0 unspecified atom stereocenters. The Balaban J connectivity index is 1.02. The third-order valence-electron chi connectivity index (χ3n) is 14.5. The van der Waals surface area contributed by atoms with Crippen molar-refractivity contribution in [2.75, 3.05) is 4.90 Å². The Morgan fingerprint density at radius 2 is 0.821 bits per heavy atom. The van der Waals surface area contributed by atoms with Crippen LogP contribution in [0.2, 0.25) is 0 Å². The molecule has 11 aromatic carbocycles. The first kappa shape index (κ1) is 37.6. The van der Waals surface area contributed by atoms with Crippen LogP contribution in [0.1, 0.15) is 22.3 Å². The lowest BCUT2D eigenvalue weighted by molar-refractivity contribution is 0.669. The average Bonchev–Trinajstić information content (AvgIpc) is 4.03. The van der Waals surface area contributed by atoms with Crippen LogP contribution in [0.3, 0.4) is 0 Å². The predicted molar refractivity (Wildman–Crippen MR) is 279 cm³/mol. The van der Waals surface area contributed by atoms with Gasteiger partial charge in [0.1, 0.15) is 11.2 Å². The van der Waals surface area contributed by atoms with E-state index in [-0.39, 0.29) is 0 Å². The zero-order valence-electron chi connectivity index (χ0n) is 36.5. The Morgan fingerprint density at radius 3 is 1.55 bits per heavy atom. The third kappa shape index (κ3) is 5.51. The molecule has 1 aromatic heterocycles. The summed E-state index contributed by atoms with van der Waals surface area (Å²) in [6.07, 6.45) is 0. The second kappa shape index (κ2) is 14.7. The monoisotopic (exact) mass is 851 g/mol. The van der Waals surface area contributed by atoms with Gasteiger partial charge >= 0.3 is 0 Å². The van der Waals surface area contributed by atoms with Gasteiger partial charge in [-0.15, -0.1) is 0 Å². The Kier molecular flexibility index (Phi) is 8.23. The molecule has 1 spiro atoms. The van der Waals surface area contributed by atoms with Gasteiger partial charge in [0.2, 0.25) is 0 Å². The maximum Gasteiger partial charge on any atom is 0.136 e. The lowest BCUT2D eigenvalue weighted by Crippen LogP contribution is -2.26. The maximum absolute atomic E-state index is 6.68. The molecule has 0 bridgehead atoms. The van der Waals surface area contributed by atoms with Gasteiger partial charge in [-0.3, -0.25) is 0 Å². The summed E-state index contributed by atoms with van der Waals surface area (Å²) in [5.41, 5.74) is 22.0. The highest BCUT2D eigenvalue weighted by atomic mass is 16.3. The van der Waals surface area contributed by atoms with Crippen LogP contribution in [-0.2, 0) is 5.41 Å². The minimum absolute atomic E-state index is 0.474. The molecule has 0 amide bonds. The summed E-state index contributed by atoms with van der Waals surface area (Å²) in [6, 6.07) is 91.3. The number of furan rings is 1. The molecule has 312 valence electrons. The summed E-state index contributed by atoms with van der Waals surface area (Å²) in [5.74, 6) is 0. The molecule has 12 aromatic rings. The first-order valence-corrected chi connectivity index (χ1v) is 23.2. The second-order valence-corrected chi connectivity index (χ2v) is 17.9. The number of nitrogens with zero attached hydrogens (tertiary/aromatic N) is 1. The van der Waals surface area contributed by atoms with Crippen LogP contribution < -0.4 is 4.90 Å². The van der Waals surface area contributed by atoms with Gasteiger partial charge in [-0.1, -0.05) is 200 Å². The number of hydrogen-bond donors (Lipinski definition) is 0. The Morgan fingerprint density at radius 1 is 0.313 bits per heavy atom. The fraction of sp³-hybridized carbons (Fsp3) is 0.0154. The average molecular weight is 852 g/mol. The standard InChI is InChI=1S/C65H41NO/c1-2-17-42(18-3-1)44-21-14-22-45(39-44)43-35-37-48(38-36-43)66(59-32-13-9-25-51(59)52-27-15-34-61-63(52)54-40-46-19-4-5-20-47(46)41-62(54)67-61)60-33-16-31-58-64(60)53-26-8-12-30-57(53)65(58)55-28-10-6-23-49(55)50-24-7-11-29-56(50)65/h1-41H. The highest BCUT2D eigenvalue weighted by molar-refractivity contribution is 6.17. The molecule has 0 fully saturated rings. The zero-order chi connectivity index (χ0) is 44.1. The van der Waals surface area contributed by atoms with Gasteiger partial charge in [0.15, 0.2) is 0 Å². The van der Waals surface area contributed by atoms with Gasteiger partial charge in [-0.2, -0.15) is 0 Å². The summed E-state index contributed by atoms with van der Waals surface area (Å²) in [5, 5.41) is 4.59. The van der Waals surface area contributed by atoms with Crippen LogP contribution in [0.4, 0.5) is 17.1 Å². The van der Waals surface area contributed by atoms with E-state index in [4.69, 9.17) is 4.42 Å². The minimum atomic E-state index is -0.474. The minimum Gasteiger partial charge on any atom is -0.456 e. The van der Waals surface area contributed by atoms with E-state index in [9.17, 15) is 0 Å². The lowest BCUT2D eigenvalue weighted by atomic mass is 9.70. The van der Waals surface area contributed by atoms with Crippen LogP contribution >= 0.6 is 0 Å². The number of hydrogen-bond acceptors (Lipinski definition) is 2. The second-order valence-electron chi connectivity index (χ2n) is 17.9. The van der Waals surface area contributed by atoms with Crippen molar-refractivity contribution in [3.05, 3.63) is 271 Å². The number of benzene rings is 11. The molecule has 0 aliphatic heterocycles. The van der Waals surface area contributed by atoms with Crippen LogP contribution in [-0.4, -0.2) is 0 Å². The first-order valence-electron chi connectivity index (χ1n) is 23.2. The van der Waals surface area contributed by atoms with Crippen LogP contribution in [0.5, 0.6) is 0 Å². The number of rotatable bonds is 6. The van der Waals surface area contributed by atoms with E-state index in [2.05, 4.69) is 254 Å². The number of fused-ring (bicyclic) bond motifs is 14. The van der Waals surface area contributed by atoms with Gasteiger partial charge in [0.05, 0.1) is 16.8 Å². The highest BCUT2D eigenvalue weighted by Crippen LogP contribution is 2.65. The molecule has 14 rings (SSSR count). The Labute approximate surface area is 389 Å². The summed E-state index contributed by atoms with van der Waals surface area (Å²) in [6.45, 7) is 0. The predicted octanol–water partition coefficient (Wildman–Crippen LogP) is 17.6. The van der Waals surface area contributed by atoms with Crippen molar-refractivity contribution in [3.63, 3.8) is 0 Å². The van der Waals surface area contributed by atoms with E-state index in [1.54, 1.807) is 0 Å². The largest absolute Gasteiger partial charge is 0.456 e. The molecule has 67 heavy (non-hydrogen) atoms. The van der Waals surface area contributed by atoms with Crippen LogP contribution in [0.15, 0.2) is 253 Å². The third-order valence-corrected chi connectivity index (χ3v) is 14.5. The number of anilines is 3. The summed E-state index contributed by atoms with van der Waals surface area (Å²) >= 11 is 0. The molecule has 0 saturated heterocycles. The van der Waals surface area contributed by atoms with Gasteiger partial charge < -0.3 is 9.32 Å². The topological polar surface area (TPSA) is 16.4 Å².